The van der Waals surface area contributed by atoms with Gasteiger partial charge in [0.2, 0.25) is 0 Å². The van der Waals surface area contributed by atoms with Gasteiger partial charge in [0.1, 0.15) is 0 Å². The van der Waals surface area contributed by atoms with Crippen molar-refractivity contribution in [2.75, 3.05) is 0 Å². The van der Waals surface area contributed by atoms with Crippen molar-refractivity contribution in [2.24, 2.45) is 5.73 Å². The Morgan fingerprint density at radius 3 is 2.43 bits per heavy atom. The van der Waals surface area contributed by atoms with E-state index in [9.17, 15) is 4.79 Å². The first-order chi connectivity index (χ1) is 3.13. The molecule has 0 aromatic rings. The Morgan fingerprint density at radius 2 is 2.43 bits per heavy atom. The Morgan fingerprint density at radius 1 is 2.00 bits per heavy atom. The Bertz CT molecular complexity index is 91.5. The number of rotatable bonds is 0. The summed E-state index contributed by atoms with van der Waals surface area (Å²) >= 11 is 0. The SMILES string of the molecule is CC(=N)OC(N)=O.[HH]. The smallest absolute Gasteiger partial charge is 0.396 e. The number of hydrogen-bond acceptors (Lipinski definition) is 3. The van der Waals surface area contributed by atoms with Crippen LogP contribution < -0.4 is 5.73 Å². The van der Waals surface area contributed by atoms with Crippen LogP contribution in [0.5, 0.6) is 0 Å². The molecule has 0 unspecified atom stereocenters. The van der Waals surface area contributed by atoms with Crippen LogP contribution in [0.1, 0.15) is 8.35 Å². The molecule has 0 rings (SSSR count). The topological polar surface area (TPSA) is 76.2 Å². The van der Waals surface area contributed by atoms with Crippen LogP contribution in [0.4, 0.5) is 4.79 Å². The number of ether oxygens (including phenoxy) is 1. The van der Waals surface area contributed by atoms with Gasteiger partial charge in [-0.15, -0.1) is 0 Å². The molecule has 3 N–H and O–H groups in total. The fraction of sp³-hybridized carbons (Fsp3) is 0.333. The summed E-state index contributed by atoms with van der Waals surface area (Å²) in [6.07, 6.45) is -0.937. The van der Waals surface area contributed by atoms with Gasteiger partial charge >= 0.3 is 6.09 Å². The Labute approximate surface area is 42.3 Å². The predicted molar refractivity (Wildman–Crippen MR) is 26.2 cm³/mol. The van der Waals surface area contributed by atoms with Crippen molar-refractivity contribution >= 4 is 12.0 Å². The first-order valence-electron chi connectivity index (χ1n) is 1.65. The zero-order valence-electron chi connectivity index (χ0n) is 3.89. The molecule has 0 bridgehead atoms. The van der Waals surface area contributed by atoms with Crippen molar-refractivity contribution in [3.05, 3.63) is 0 Å². The van der Waals surface area contributed by atoms with E-state index in [-0.39, 0.29) is 7.32 Å². The summed E-state index contributed by atoms with van der Waals surface area (Å²) in [4.78, 5) is 9.67. The molecule has 4 nitrogen and oxygen atoms in total. The number of carbonyl (C=O) groups is 1. The lowest BCUT2D eigenvalue weighted by Gasteiger charge is -1.91. The number of primary amides is 1. The maximum Gasteiger partial charge on any atom is 0.411 e. The van der Waals surface area contributed by atoms with Gasteiger partial charge in [-0.2, -0.15) is 0 Å². The lowest BCUT2D eigenvalue weighted by Crippen LogP contribution is -2.15. The third-order valence-corrected chi connectivity index (χ3v) is 0.254. The lowest BCUT2D eigenvalue weighted by atomic mass is 10.8. The molecule has 0 aliphatic heterocycles. The highest BCUT2D eigenvalue weighted by molar-refractivity contribution is 5.83. The van der Waals surface area contributed by atoms with Gasteiger partial charge in [-0.05, 0) is 0 Å². The number of amides is 1. The molecular formula is C3H8N2O2. The molecule has 0 radical (unpaired) electrons. The standard InChI is InChI=1S/C3H6N2O2.H2/c1-2(4)7-3(5)6;/h4H,1H3,(H2,5,6);1H. The largest absolute Gasteiger partial charge is 0.411 e. The molecule has 7 heavy (non-hydrogen) atoms. The Kier molecular flexibility index (Phi) is 1.84. The normalized spacial score (nSPS) is 7.57. The van der Waals surface area contributed by atoms with E-state index in [0.29, 0.717) is 0 Å². The van der Waals surface area contributed by atoms with Crippen molar-refractivity contribution in [3.8, 4) is 0 Å². The number of nitrogens with two attached hydrogens (primary N) is 1. The van der Waals surface area contributed by atoms with Crippen LogP contribution >= 0.6 is 0 Å². The van der Waals surface area contributed by atoms with Crippen LogP contribution in [-0.2, 0) is 4.74 Å². The van der Waals surface area contributed by atoms with Crippen LogP contribution in [0.2, 0.25) is 0 Å². The molecule has 0 aliphatic rings. The van der Waals surface area contributed by atoms with Crippen LogP contribution in [0.25, 0.3) is 0 Å². The third kappa shape index (κ3) is 4.94. The van der Waals surface area contributed by atoms with Crippen molar-refractivity contribution in [1.29, 1.82) is 5.41 Å². The highest BCUT2D eigenvalue weighted by Crippen LogP contribution is 1.71. The van der Waals surface area contributed by atoms with Crippen molar-refractivity contribution < 1.29 is 11.0 Å². The molecule has 0 heterocycles. The maximum atomic E-state index is 9.67. The average Bonchev–Trinajstić information content (AvgIpc) is 1.27. The van der Waals surface area contributed by atoms with E-state index in [1.54, 1.807) is 0 Å². The van der Waals surface area contributed by atoms with E-state index in [2.05, 4.69) is 10.5 Å². The number of nitrogens with one attached hydrogen (secondary N) is 1. The predicted octanol–water partition coefficient (Wildman–Crippen LogP) is 0.325. The van der Waals surface area contributed by atoms with E-state index < -0.39 is 6.09 Å². The molecular weight excluding hydrogens is 96.0 g/mol. The van der Waals surface area contributed by atoms with E-state index in [4.69, 9.17) is 5.41 Å². The monoisotopic (exact) mass is 104 g/mol. The molecule has 0 saturated heterocycles. The molecule has 0 aromatic heterocycles. The minimum atomic E-state index is -0.937. The first kappa shape index (κ1) is 5.94. The minimum absolute atomic E-state index is 0. The summed E-state index contributed by atoms with van der Waals surface area (Å²) in [6.45, 7) is 1.32. The number of carbonyl (C=O) groups excluding carboxylic acids is 1. The summed E-state index contributed by atoms with van der Waals surface area (Å²) in [7, 11) is 0. The van der Waals surface area contributed by atoms with Gasteiger partial charge in [0.25, 0.3) is 0 Å². The molecule has 0 fully saturated rings. The van der Waals surface area contributed by atoms with Gasteiger partial charge in [-0.3, -0.25) is 5.41 Å². The summed E-state index contributed by atoms with van der Waals surface area (Å²) in [5.41, 5.74) is 4.49. The van der Waals surface area contributed by atoms with E-state index in [1.807, 2.05) is 0 Å². The van der Waals surface area contributed by atoms with E-state index in [1.165, 1.54) is 6.92 Å². The van der Waals surface area contributed by atoms with E-state index >= 15 is 0 Å². The van der Waals surface area contributed by atoms with Crippen molar-refractivity contribution in [2.45, 2.75) is 6.92 Å². The molecule has 0 atom stereocenters. The highest BCUT2D eigenvalue weighted by Gasteiger charge is 1.90. The number of hydrogen-bond donors (Lipinski definition) is 2. The molecule has 0 aromatic carbocycles. The molecule has 1 amide bonds. The summed E-state index contributed by atoms with van der Waals surface area (Å²) in [5, 5.41) is 6.50. The Balaban J connectivity index is 0. The highest BCUT2D eigenvalue weighted by atomic mass is 16.6. The first-order valence-corrected chi connectivity index (χ1v) is 1.65. The van der Waals surface area contributed by atoms with Crippen LogP contribution in [-0.4, -0.2) is 12.0 Å². The second-order valence-electron chi connectivity index (χ2n) is 0.977. The van der Waals surface area contributed by atoms with Crippen molar-refractivity contribution in [3.63, 3.8) is 0 Å². The summed E-state index contributed by atoms with van der Waals surface area (Å²) < 4.78 is 3.97. The van der Waals surface area contributed by atoms with Gasteiger partial charge in [0.15, 0.2) is 5.90 Å². The summed E-state index contributed by atoms with van der Waals surface area (Å²) in [5.74, 6) is -0.187. The molecule has 4 heteroatoms. The molecule has 42 valence electrons. The van der Waals surface area contributed by atoms with Gasteiger partial charge in [-0.1, -0.05) is 0 Å². The molecule has 0 spiro atoms. The Hall–Kier alpha value is -1.06. The van der Waals surface area contributed by atoms with Crippen LogP contribution in [0, 0.1) is 5.41 Å². The summed E-state index contributed by atoms with van der Waals surface area (Å²) in [6, 6.07) is 0. The maximum absolute atomic E-state index is 9.67. The van der Waals surface area contributed by atoms with Gasteiger partial charge in [0, 0.05) is 8.35 Å². The average molecular weight is 104 g/mol. The second-order valence-corrected chi connectivity index (χ2v) is 0.977. The minimum Gasteiger partial charge on any atom is -0.396 e. The fourth-order valence-corrected chi connectivity index (χ4v) is 0.151. The van der Waals surface area contributed by atoms with Crippen molar-refractivity contribution in [1.82, 2.24) is 0 Å². The van der Waals surface area contributed by atoms with Gasteiger partial charge in [-0.25, -0.2) is 4.79 Å². The quantitative estimate of drug-likeness (QED) is 0.343. The van der Waals surface area contributed by atoms with Gasteiger partial charge in [0.05, 0.1) is 0 Å². The molecule has 0 saturated carbocycles. The lowest BCUT2D eigenvalue weighted by molar-refractivity contribution is 0.207. The zero-order valence-corrected chi connectivity index (χ0v) is 3.89. The fourth-order valence-electron chi connectivity index (χ4n) is 0.151. The zero-order chi connectivity index (χ0) is 5.86. The van der Waals surface area contributed by atoms with E-state index in [0.717, 1.165) is 0 Å². The second kappa shape index (κ2) is 2.17. The third-order valence-electron chi connectivity index (χ3n) is 0.254. The van der Waals surface area contributed by atoms with Gasteiger partial charge < -0.3 is 10.5 Å². The van der Waals surface area contributed by atoms with Crippen LogP contribution in [0.3, 0.4) is 0 Å². The van der Waals surface area contributed by atoms with Crippen LogP contribution in [0.15, 0.2) is 0 Å². The molecule has 0 aliphatic carbocycles.